The van der Waals surface area contributed by atoms with Crippen LogP contribution in [0.3, 0.4) is 0 Å². The minimum absolute atomic E-state index is 1.11. The first-order valence-corrected chi connectivity index (χ1v) is 4.06. The summed E-state index contributed by atoms with van der Waals surface area (Å²) in [5.74, 6) is 0. The van der Waals surface area contributed by atoms with Gasteiger partial charge in [-0.2, -0.15) is 0 Å². The van der Waals surface area contributed by atoms with E-state index in [-0.39, 0.29) is 0 Å². The van der Waals surface area contributed by atoms with Crippen LogP contribution in [-0.2, 0) is 6.42 Å². The molecule has 1 aromatic heterocycles. The van der Waals surface area contributed by atoms with Gasteiger partial charge >= 0.3 is 0 Å². The molecule has 2 nitrogen and oxygen atoms in total. The molecule has 58 valence electrons. The van der Waals surface area contributed by atoms with E-state index >= 15 is 0 Å². The Balaban J connectivity index is 2.49. The Morgan fingerprint density at radius 2 is 2.45 bits per heavy atom. The normalized spacial score (nSPS) is 15.4. The number of aromatic nitrogens is 1. The topological polar surface area (TPSA) is 24.9 Å². The van der Waals surface area contributed by atoms with Crippen molar-refractivity contribution in [3.8, 4) is 0 Å². The largest absolute Gasteiger partial charge is 0.385 e. The zero-order valence-corrected chi connectivity index (χ0v) is 6.72. The van der Waals surface area contributed by atoms with E-state index in [2.05, 4.69) is 23.3 Å². The third-order valence-electron chi connectivity index (χ3n) is 2.19. The molecule has 0 amide bonds. The van der Waals surface area contributed by atoms with Gasteiger partial charge < -0.3 is 5.32 Å². The third-order valence-corrected chi connectivity index (χ3v) is 2.19. The van der Waals surface area contributed by atoms with E-state index in [0.29, 0.717) is 0 Å². The van der Waals surface area contributed by atoms with Gasteiger partial charge in [0.25, 0.3) is 0 Å². The lowest BCUT2D eigenvalue weighted by Crippen LogP contribution is -2.13. The summed E-state index contributed by atoms with van der Waals surface area (Å²) in [5.41, 5.74) is 3.86. The molecule has 1 N–H and O–H groups in total. The highest BCUT2D eigenvalue weighted by Gasteiger charge is 2.09. The lowest BCUT2D eigenvalue weighted by Gasteiger charge is -2.18. The molecule has 0 radical (unpaired) electrons. The molecule has 1 aromatic rings. The number of fused-ring (bicyclic) bond motifs is 1. The quantitative estimate of drug-likeness (QED) is 0.606. The molecular weight excluding hydrogens is 136 g/mol. The van der Waals surface area contributed by atoms with Crippen LogP contribution in [-0.4, -0.2) is 11.5 Å². The van der Waals surface area contributed by atoms with Gasteiger partial charge in [-0.3, -0.25) is 4.98 Å². The van der Waals surface area contributed by atoms with Gasteiger partial charge in [0.1, 0.15) is 0 Å². The molecule has 1 aliphatic rings. The van der Waals surface area contributed by atoms with Crippen molar-refractivity contribution >= 4 is 5.69 Å². The van der Waals surface area contributed by atoms with E-state index < -0.39 is 0 Å². The summed E-state index contributed by atoms with van der Waals surface area (Å²) in [4.78, 5) is 4.25. The Kier molecular flexibility index (Phi) is 1.53. The Morgan fingerprint density at radius 1 is 1.55 bits per heavy atom. The first-order chi connectivity index (χ1) is 5.38. The predicted molar refractivity (Wildman–Crippen MR) is 45.8 cm³/mol. The SMILES string of the molecule is Cc1nccc2c1CCCN2. The molecule has 11 heavy (non-hydrogen) atoms. The Hall–Kier alpha value is -1.05. The lowest BCUT2D eigenvalue weighted by atomic mass is 10.0. The second-order valence-corrected chi connectivity index (χ2v) is 2.95. The summed E-state index contributed by atoms with van der Waals surface area (Å²) in [6.45, 7) is 3.18. The Labute approximate surface area is 66.7 Å². The summed E-state index contributed by atoms with van der Waals surface area (Å²) < 4.78 is 0. The van der Waals surface area contributed by atoms with Crippen LogP contribution in [0.4, 0.5) is 5.69 Å². The van der Waals surface area contributed by atoms with Crippen LogP contribution < -0.4 is 5.32 Å². The van der Waals surface area contributed by atoms with Crippen molar-refractivity contribution < 1.29 is 0 Å². The Morgan fingerprint density at radius 3 is 3.27 bits per heavy atom. The van der Waals surface area contributed by atoms with Crippen molar-refractivity contribution in [2.75, 3.05) is 11.9 Å². The molecule has 0 saturated heterocycles. The highest BCUT2D eigenvalue weighted by Crippen LogP contribution is 2.22. The summed E-state index contributed by atoms with van der Waals surface area (Å²) >= 11 is 0. The summed E-state index contributed by atoms with van der Waals surface area (Å²) in [5, 5.41) is 3.36. The lowest BCUT2D eigenvalue weighted by molar-refractivity contribution is 0.815. The zero-order chi connectivity index (χ0) is 7.68. The predicted octanol–water partition coefficient (Wildman–Crippen LogP) is 1.75. The number of nitrogens with zero attached hydrogens (tertiary/aromatic N) is 1. The monoisotopic (exact) mass is 148 g/mol. The molecule has 0 unspecified atom stereocenters. The fourth-order valence-corrected chi connectivity index (χ4v) is 1.57. The molecular formula is C9H12N2. The third kappa shape index (κ3) is 1.09. The van der Waals surface area contributed by atoms with Crippen LogP contribution >= 0.6 is 0 Å². The van der Waals surface area contributed by atoms with Gasteiger partial charge in [0, 0.05) is 24.1 Å². The zero-order valence-electron chi connectivity index (χ0n) is 6.72. The number of anilines is 1. The summed E-state index contributed by atoms with van der Waals surface area (Å²) in [6.07, 6.45) is 4.29. The summed E-state index contributed by atoms with van der Waals surface area (Å²) in [7, 11) is 0. The van der Waals surface area contributed by atoms with Crippen LogP contribution in [0.1, 0.15) is 17.7 Å². The average molecular weight is 148 g/mol. The molecule has 0 spiro atoms. The fraction of sp³-hybridized carbons (Fsp3) is 0.444. The van der Waals surface area contributed by atoms with Gasteiger partial charge in [0.05, 0.1) is 0 Å². The molecule has 0 fully saturated rings. The van der Waals surface area contributed by atoms with Gasteiger partial charge in [-0.1, -0.05) is 0 Å². The van der Waals surface area contributed by atoms with E-state index in [1.807, 2.05) is 6.20 Å². The maximum Gasteiger partial charge on any atom is 0.0425 e. The van der Waals surface area contributed by atoms with Crippen molar-refractivity contribution in [3.05, 3.63) is 23.5 Å². The van der Waals surface area contributed by atoms with Crippen molar-refractivity contribution in [3.63, 3.8) is 0 Å². The molecule has 0 bridgehead atoms. The van der Waals surface area contributed by atoms with Crippen molar-refractivity contribution in [2.45, 2.75) is 19.8 Å². The molecule has 0 saturated carbocycles. The van der Waals surface area contributed by atoms with E-state index in [1.54, 1.807) is 0 Å². The number of hydrogen-bond donors (Lipinski definition) is 1. The molecule has 2 rings (SSSR count). The maximum atomic E-state index is 4.25. The minimum Gasteiger partial charge on any atom is -0.385 e. The van der Waals surface area contributed by atoms with Gasteiger partial charge in [0.2, 0.25) is 0 Å². The standard InChI is InChI=1S/C9H12N2/c1-7-8-3-2-5-11-9(8)4-6-10-7/h4,6,11H,2-3,5H2,1H3. The van der Waals surface area contributed by atoms with Crippen LogP contribution in [0, 0.1) is 6.92 Å². The van der Waals surface area contributed by atoms with Crippen molar-refractivity contribution in [1.29, 1.82) is 0 Å². The first kappa shape index (κ1) is 6.65. The van der Waals surface area contributed by atoms with Crippen LogP contribution in [0.5, 0.6) is 0 Å². The molecule has 0 atom stereocenters. The van der Waals surface area contributed by atoms with Crippen LogP contribution in [0.25, 0.3) is 0 Å². The fourth-order valence-electron chi connectivity index (χ4n) is 1.57. The van der Waals surface area contributed by atoms with E-state index in [1.165, 1.54) is 29.8 Å². The number of nitrogens with one attached hydrogen (secondary N) is 1. The number of rotatable bonds is 0. The molecule has 0 aromatic carbocycles. The summed E-state index contributed by atoms with van der Waals surface area (Å²) in [6, 6.07) is 2.06. The highest BCUT2D eigenvalue weighted by molar-refractivity contribution is 5.53. The van der Waals surface area contributed by atoms with Crippen LogP contribution in [0.15, 0.2) is 12.3 Å². The molecule has 2 heteroatoms. The smallest absolute Gasteiger partial charge is 0.0425 e. The average Bonchev–Trinajstić information content (AvgIpc) is 2.06. The number of pyridine rings is 1. The van der Waals surface area contributed by atoms with Crippen molar-refractivity contribution in [1.82, 2.24) is 4.98 Å². The van der Waals surface area contributed by atoms with Crippen LogP contribution in [0.2, 0.25) is 0 Å². The highest BCUT2D eigenvalue weighted by atomic mass is 14.9. The Bertz CT molecular complexity index is 268. The second-order valence-electron chi connectivity index (χ2n) is 2.95. The van der Waals surface area contributed by atoms with E-state index in [4.69, 9.17) is 0 Å². The number of hydrogen-bond acceptors (Lipinski definition) is 2. The maximum absolute atomic E-state index is 4.25. The van der Waals surface area contributed by atoms with Gasteiger partial charge in [-0.05, 0) is 31.4 Å². The van der Waals surface area contributed by atoms with Gasteiger partial charge in [-0.25, -0.2) is 0 Å². The molecule has 0 aliphatic carbocycles. The second kappa shape index (κ2) is 2.53. The van der Waals surface area contributed by atoms with E-state index in [0.717, 1.165) is 6.54 Å². The number of aryl methyl sites for hydroxylation is 1. The minimum atomic E-state index is 1.11. The van der Waals surface area contributed by atoms with Crippen molar-refractivity contribution in [2.24, 2.45) is 0 Å². The molecule has 2 heterocycles. The molecule has 1 aliphatic heterocycles. The van der Waals surface area contributed by atoms with Gasteiger partial charge in [0.15, 0.2) is 0 Å². The first-order valence-electron chi connectivity index (χ1n) is 4.06. The van der Waals surface area contributed by atoms with E-state index in [9.17, 15) is 0 Å². The van der Waals surface area contributed by atoms with Gasteiger partial charge in [-0.15, -0.1) is 0 Å².